The van der Waals surface area contributed by atoms with E-state index in [4.69, 9.17) is 16.3 Å². The van der Waals surface area contributed by atoms with E-state index in [0.717, 1.165) is 11.1 Å². The van der Waals surface area contributed by atoms with E-state index in [-0.39, 0.29) is 10.7 Å². The minimum absolute atomic E-state index is 0.261. The number of nitrogens with one attached hydrogen (secondary N) is 1. The zero-order valence-corrected chi connectivity index (χ0v) is 18.6. The Labute approximate surface area is 190 Å². The molecule has 1 unspecified atom stereocenters. The third kappa shape index (κ3) is 3.71. The standard InChI is InChI=1S/C23H22ClN3O5/c1-13-8-9-15(24)16(12-13)25-19(28)18(27-21(30)23(2,3)32-22(27)31)20(29)26-11-10-14-6-4-5-7-17(14)26/h4-9,12,18H,10-11H2,1-3H3,(H,25,28). The average Bonchev–Trinajstić information content (AvgIpc) is 3.24. The van der Waals surface area contributed by atoms with E-state index in [9.17, 15) is 19.2 Å². The first-order chi connectivity index (χ1) is 15.1. The van der Waals surface area contributed by atoms with Crippen LogP contribution in [0.3, 0.4) is 0 Å². The lowest BCUT2D eigenvalue weighted by atomic mass is 10.1. The number of amides is 4. The Morgan fingerprint density at radius 3 is 2.56 bits per heavy atom. The summed E-state index contributed by atoms with van der Waals surface area (Å²) in [5, 5.41) is 2.87. The lowest BCUT2D eigenvalue weighted by Gasteiger charge is -2.28. The Morgan fingerprint density at radius 1 is 1.16 bits per heavy atom. The predicted octanol–water partition coefficient (Wildman–Crippen LogP) is 3.30. The summed E-state index contributed by atoms with van der Waals surface area (Å²) in [5.41, 5.74) is 1.20. The molecule has 1 saturated heterocycles. The van der Waals surface area contributed by atoms with Crippen LogP contribution in [0, 0.1) is 6.92 Å². The summed E-state index contributed by atoms with van der Waals surface area (Å²) < 4.78 is 5.14. The van der Waals surface area contributed by atoms with Crippen LogP contribution >= 0.6 is 11.6 Å². The third-order valence-electron chi connectivity index (χ3n) is 5.55. The largest absolute Gasteiger partial charge is 0.433 e. The average molecular weight is 456 g/mol. The van der Waals surface area contributed by atoms with Gasteiger partial charge >= 0.3 is 6.09 Å². The molecule has 2 aromatic carbocycles. The topological polar surface area (TPSA) is 96.0 Å². The van der Waals surface area contributed by atoms with Gasteiger partial charge in [-0.3, -0.25) is 14.4 Å². The summed E-state index contributed by atoms with van der Waals surface area (Å²) in [4.78, 5) is 54.5. The lowest BCUT2D eigenvalue weighted by molar-refractivity contribution is -0.143. The van der Waals surface area contributed by atoms with Gasteiger partial charge in [0.15, 0.2) is 5.60 Å². The van der Waals surface area contributed by atoms with E-state index in [1.165, 1.54) is 18.7 Å². The first kappa shape index (κ1) is 21.8. The van der Waals surface area contributed by atoms with Crippen molar-refractivity contribution in [2.75, 3.05) is 16.8 Å². The van der Waals surface area contributed by atoms with Gasteiger partial charge in [0.25, 0.3) is 17.7 Å². The van der Waals surface area contributed by atoms with E-state index < -0.39 is 35.5 Å². The van der Waals surface area contributed by atoms with Gasteiger partial charge in [-0.1, -0.05) is 35.9 Å². The third-order valence-corrected chi connectivity index (χ3v) is 5.88. The maximum Gasteiger partial charge on any atom is 0.418 e. The van der Waals surface area contributed by atoms with Crippen LogP contribution in [-0.2, 0) is 25.5 Å². The van der Waals surface area contributed by atoms with Gasteiger partial charge in [-0.25, -0.2) is 9.69 Å². The number of ether oxygens (including phenoxy) is 1. The summed E-state index contributed by atoms with van der Waals surface area (Å²) in [6.45, 7) is 4.97. The molecule has 0 spiro atoms. The van der Waals surface area contributed by atoms with Crippen LogP contribution in [0.15, 0.2) is 42.5 Å². The molecule has 166 valence electrons. The number of halogens is 1. The van der Waals surface area contributed by atoms with Crippen LogP contribution in [0.5, 0.6) is 0 Å². The van der Waals surface area contributed by atoms with Gasteiger partial charge in [0, 0.05) is 12.2 Å². The fraction of sp³-hybridized carbons (Fsp3) is 0.304. The van der Waals surface area contributed by atoms with E-state index in [1.54, 1.807) is 30.3 Å². The normalized spacial score (nSPS) is 17.8. The molecule has 0 radical (unpaired) electrons. The fourth-order valence-corrected chi connectivity index (χ4v) is 4.06. The highest BCUT2D eigenvalue weighted by Crippen LogP contribution is 2.32. The van der Waals surface area contributed by atoms with Crippen LogP contribution in [0.25, 0.3) is 0 Å². The Bertz CT molecular complexity index is 1150. The van der Waals surface area contributed by atoms with Gasteiger partial charge < -0.3 is 15.0 Å². The number of benzene rings is 2. The van der Waals surface area contributed by atoms with Gasteiger partial charge in [0.05, 0.1) is 10.7 Å². The maximum atomic E-state index is 13.6. The van der Waals surface area contributed by atoms with Gasteiger partial charge in [0.1, 0.15) is 0 Å². The number of aryl methyl sites for hydroxylation is 1. The zero-order valence-electron chi connectivity index (χ0n) is 17.8. The van der Waals surface area contributed by atoms with Gasteiger partial charge in [-0.05, 0) is 56.5 Å². The van der Waals surface area contributed by atoms with E-state index >= 15 is 0 Å². The molecule has 4 amide bonds. The SMILES string of the molecule is Cc1ccc(Cl)c(NC(=O)C(C(=O)N2CCc3ccccc32)N2C(=O)OC(C)(C)C2=O)c1. The van der Waals surface area contributed by atoms with Gasteiger partial charge in [0.2, 0.25) is 6.04 Å². The number of cyclic esters (lactones) is 1. The molecule has 0 aliphatic carbocycles. The Kier molecular flexibility index (Phi) is 5.42. The number of carbonyl (C=O) groups excluding carboxylic acids is 4. The number of rotatable bonds is 4. The molecule has 1 atom stereocenters. The number of fused-ring (bicyclic) bond motifs is 1. The molecule has 1 N–H and O–H groups in total. The van der Waals surface area contributed by atoms with E-state index in [2.05, 4.69) is 5.32 Å². The molecule has 32 heavy (non-hydrogen) atoms. The number of carbonyl (C=O) groups is 4. The van der Waals surface area contributed by atoms with Crippen molar-refractivity contribution < 1.29 is 23.9 Å². The molecule has 0 aromatic heterocycles. The van der Waals surface area contributed by atoms with Crippen molar-refractivity contribution in [3.63, 3.8) is 0 Å². The number of anilines is 2. The zero-order chi connectivity index (χ0) is 23.2. The molecule has 4 rings (SSSR count). The molecule has 1 fully saturated rings. The quantitative estimate of drug-likeness (QED) is 0.713. The van der Waals surface area contributed by atoms with Crippen LogP contribution in [-0.4, -0.2) is 46.9 Å². The second kappa shape index (κ2) is 7.94. The number of hydrogen-bond acceptors (Lipinski definition) is 5. The van der Waals surface area contributed by atoms with Crippen LogP contribution in [0.2, 0.25) is 5.02 Å². The van der Waals surface area contributed by atoms with Crippen molar-refractivity contribution >= 4 is 46.8 Å². The number of imide groups is 1. The fourth-order valence-electron chi connectivity index (χ4n) is 3.90. The molecular formula is C23H22ClN3O5. The monoisotopic (exact) mass is 455 g/mol. The summed E-state index contributed by atoms with van der Waals surface area (Å²) in [7, 11) is 0. The van der Waals surface area contributed by atoms with Crippen molar-refractivity contribution in [1.29, 1.82) is 0 Å². The summed E-state index contributed by atoms with van der Waals surface area (Å²) in [6, 6.07) is 10.6. The van der Waals surface area contributed by atoms with Gasteiger partial charge in [-0.2, -0.15) is 0 Å². The number of para-hydroxylation sites is 1. The van der Waals surface area contributed by atoms with Crippen molar-refractivity contribution in [3.05, 3.63) is 58.6 Å². The molecule has 2 aliphatic heterocycles. The molecule has 8 nitrogen and oxygen atoms in total. The molecule has 0 saturated carbocycles. The van der Waals surface area contributed by atoms with Crippen molar-refractivity contribution in [2.24, 2.45) is 0 Å². The Hall–Kier alpha value is -3.39. The molecule has 9 heteroatoms. The highest BCUT2D eigenvalue weighted by atomic mass is 35.5. The summed E-state index contributed by atoms with van der Waals surface area (Å²) in [5.74, 6) is -2.31. The lowest BCUT2D eigenvalue weighted by Crippen LogP contribution is -2.57. The second-order valence-electron chi connectivity index (χ2n) is 8.30. The smallest absolute Gasteiger partial charge is 0.418 e. The summed E-state index contributed by atoms with van der Waals surface area (Å²) in [6.07, 6.45) is -0.444. The number of hydrogen-bond donors (Lipinski definition) is 1. The molecule has 0 bridgehead atoms. The van der Waals surface area contributed by atoms with Crippen molar-refractivity contribution in [3.8, 4) is 0 Å². The van der Waals surface area contributed by atoms with Crippen molar-refractivity contribution in [2.45, 2.75) is 38.8 Å². The second-order valence-corrected chi connectivity index (χ2v) is 8.70. The highest BCUT2D eigenvalue weighted by Gasteiger charge is 2.55. The molecule has 2 heterocycles. The Morgan fingerprint density at radius 2 is 1.88 bits per heavy atom. The minimum Gasteiger partial charge on any atom is -0.433 e. The van der Waals surface area contributed by atoms with Crippen molar-refractivity contribution in [1.82, 2.24) is 4.90 Å². The minimum atomic E-state index is -1.75. The molecular weight excluding hydrogens is 434 g/mol. The maximum absolute atomic E-state index is 13.6. The highest BCUT2D eigenvalue weighted by molar-refractivity contribution is 6.34. The molecule has 2 aromatic rings. The van der Waals surface area contributed by atoms with Crippen LogP contribution in [0.1, 0.15) is 25.0 Å². The van der Waals surface area contributed by atoms with Crippen LogP contribution in [0.4, 0.5) is 16.2 Å². The van der Waals surface area contributed by atoms with Gasteiger partial charge in [-0.15, -0.1) is 0 Å². The first-order valence-corrected chi connectivity index (χ1v) is 10.5. The number of nitrogens with zero attached hydrogens (tertiary/aromatic N) is 2. The van der Waals surface area contributed by atoms with E-state index in [1.807, 2.05) is 19.1 Å². The predicted molar refractivity (Wildman–Crippen MR) is 119 cm³/mol. The first-order valence-electron chi connectivity index (χ1n) is 10.1. The van der Waals surface area contributed by atoms with Crippen LogP contribution < -0.4 is 10.2 Å². The Balaban J connectivity index is 1.73. The molecule has 2 aliphatic rings. The summed E-state index contributed by atoms with van der Waals surface area (Å²) >= 11 is 6.20. The van der Waals surface area contributed by atoms with E-state index in [0.29, 0.717) is 23.6 Å².